The minimum absolute atomic E-state index is 0.296. The fourth-order valence-corrected chi connectivity index (χ4v) is 7.49. The Morgan fingerprint density at radius 3 is 1.89 bits per heavy atom. The van der Waals surface area contributed by atoms with Gasteiger partial charge in [-0.1, -0.05) is 127 Å². The zero-order chi connectivity index (χ0) is 30.2. The van der Waals surface area contributed by atoms with Crippen LogP contribution in [0.3, 0.4) is 0 Å². The average Bonchev–Trinajstić information content (AvgIpc) is 3.46. The summed E-state index contributed by atoms with van der Waals surface area (Å²) < 4.78 is 16.2. The van der Waals surface area contributed by atoms with Crippen LogP contribution in [-0.4, -0.2) is 11.5 Å². The van der Waals surface area contributed by atoms with Gasteiger partial charge in [0.25, 0.3) is 0 Å². The van der Waals surface area contributed by atoms with E-state index in [1.165, 1.54) is 27.5 Å². The SMILES string of the molecule is c1ccc(-c2ccccc2-c2ccc3c(c2)OB2c4cccc(-n5c6ccccc6c6ccccc65)c4Oc4cccc-3c42)cc1. The number of benzene rings is 7. The Kier molecular flexibility index (Phi) is 5.37. The van der Waals surface area contributed by atoms with Crippen LogP contribution in [0, 0.1) is 0 Å². The maximum Gasteiger partial charge on any atom is 0.434 e. The predicted molar refractivity (Wildman–Crippen MR) is 189 cm³/mol. The summed E-state index contributed by atoms with van der Waals surface area (Å²) in [5.41, 5.74) is 12.4. The van der Waals surface area contributed by atoms with Crippen LogP contribution in [0.25, 0.3) is 60.9 Å². The van der Waals surface area contributed by atoms with Crippen molar-refractivity contribution in [3.05, 3.63) is 158 Å². The van der Waals surface area contributed by atoms with Crippen molar-refractivity contribution in [3.8, 4) is 56.3 Å². The third kappa shape index (κ3) is 3.61. The summed E-state index contributed by atoms with van der Waals surface area (Å²) in [6, 6.07) is 55.7. The van der Waals surface area contributed by atoms with E-state index in [-0.39, 0.29) is 6.92 Å². The minimum Gasteiger partial charge on any atom is -0.551 e. The summed E-state index contributed by atoms with van der Waals surface area (Å²) in [5.74, 6) is 2.55. The van der Waals surface area contributed by atoms with Crippen LogP contribution in [0.5, 0.6) is 17.2 Å². The van der Waals surface area contributed by atoms with Crippen LogP contribution < -0.4 is 20.3 Å². The zero-order valence-corrected chi connectivity index (χ0v) is 24.9. The van der Waals surface area contributed by atoms with Crippen molar-refractivity contribution in [2.45, 2.75) is 0 Å². The molecule has 3 heterocycles. The molecule has 0 spiro atoms. The van der Waals surface area contributed by atoms with E-state index in [1.54, 1.807) is 0 Å². The lowest BCUT2D eigenvalue weighted by atomic mass is 9.50. The second-order valence-electron chi connectivity index (χ2n) is 12.0. The molecule has 2 aliphatic rings. The lowest BCUT2D eigenvalue weighted by molar-refractivity contribution is 0.477. The van der Waals surface area contributed by atoms with E-state index in [0.29, 0.717) is 0 Å². The highest BCUT2D eigenvalue weighted by atomic mass is 16.5. The monoisotopic (exact) mass is 587 g/mol. The molecule has 3 nitrogen and oxygen atoms in total. The molecule has 214 valence electrons. The summed E-state index contributed by atoms with van der Waals surface area (Å²) in [7, 11) is 0. The normalized spacial score (nSPS) is 12.7. The molecule has 0 N–H and O–H groups in total. The fraction of sp³-hybridized carbons (Fsp3) is 0. The number of aromatic nitrogens is 1. The maximum absolute atomic E-state index is 7.03. The first-order valence-corrected chi connectivity index (χ1v) is 15.7. The van der Waals surface area contributed by atoms with E-state index in [9.17, 15) is 0 Å². The van der Waals surface area contributed by atoms with Crippen molar-refractivity contribution in [1.82, 2.24) is 4.57 Å². The van der Waals surface area contributed by atoms with Crippen LogP contribution in [-0.2, 0) is 0 Å². The van der Waals surface area contributed by atoms with Crippen molar-refractivity contribution in [2.75, 3.05) is 0 Å². The quantitative estimate of drug-likeness (QED) is 0.192. The molecule has 7 aromatic carbocycles. The molecule has 8 aromatic rings. The van der Waals surface area contributed by atoms with Crippen molar-refractivity contribution in [1.29, 1.82) is 0 Å². The summed E-state index contributed by atoms with van der Waals surface area (Å²) in [6.07, 6.45) is 0. The van der Waals surface area contributed by atoms with Gasteiger partial charge in [0, 0.05) is 27.3 Å². The first-order valence-electron chi connectivity index (χ1n) is 15.7. The van der Waals surface area contributed by atoms with Gasteiger partial charge in [0.15, 0.2) is 0 Å². The highest BCUT2D eigenvalue weighted by molar-refractivity contribution is 6.84. The molecule has 10 rings (SSSR count). The molecule has 0 fully saturated rings. The fourth-order valence-electron chi connectivity index (χ4n) is 7.49. The molecule has 46 heavy (non-hydrogen) atoms. The molecule has 0 unspecified atom stereocenters. The minimum atomic E-state index is -0.296. The van der Waals surface area contributed by atoms with Crippen LogP contribution in [0.2, 0.25) is 0 Å². The Morgan fingerprint density at radius 2 is 1.11 bits per heavy atom. The molecule has 0 saturated carbocycles. The van der Waals surface area contributed by atoms with Gasteiger partial charge in [0.2, 0.25) is 0 Å². The van der Waals surface area contributed by atoms with Gasteiger partial charge in [0.05, 0.1) is 16.7 Å². The van der Waals surface area contributed by atoms with Gasteiger partial charge < -0.3 is 14.0 Å². The number of hydrogen-bond acceptors (Lipinski definition) is 2. The highest BCUT2D eigenvalue weighted by Gasteiger charge is 2.41. The second kappa shape index (κ2) is 9.75. The topological polar surface area (TPSA) is 23.4 Å². The number of fused-ring (bicyclic) bond motifs is 7. The molecule has 4 heteroatoms. The van der Waals surface area contributed by atoms with Gasteiger partial charge >= 0.3 is 6.92 Å². The Labute approximate surface area is 267 Å². The van der Waals surface area contributed by atoms with Gasteiger partial charge in [-0.15, -0.1) is 0 Å². The Balaban J connectivity index is 1.15. The van der Waals surface area contributed by atoms with E-state index < -0.39 is 0 Å². The van der Waals surface area contributed by atoms with Crippen molar-refractivity contribution >= 4 is 39.6 Å². The highest BCUT2D eigenvalue weighted by Crippen LogP contribution is 2.44. The van der Waals surface area contributed by atoms with Crippen LogP contribution in [0.15, 0.2) is 158 Å². The molecule has 0 atom stereocenters. The van der Waals surface area contributed by atoms with E-state index >= 15 is 0 Å². The molecule has 2 aliphatic heterocycles. The summed E-state index contributed by atoms with van der Waals surface area (Å²) in [6.45, 7) is -0.296. The Bertz CT molecular complexity index is 2440. The standard InChI is InChI=1S/C42H26BNO2/c1-2-12-27(13-3-1)29-14-4-5-15-30(29)28-24-25-33-34-18-10-23-39-41(34)43(46-40(33)26-28)35-19-11-22-38(42(35)45-39)44-36-20-8-6-16-31(36)32-17-7-9-21-37(32)44/h1-26H. The Hall–Kier alpha value is -6.00. The molecule has 0 bridgehead atoms. The zero-order valence-electron chi connectivity index (χ0n) is 24.9. The molecule has 0 aliphatic carbocycles. The largest absolute Gasteiger partial charge is 0.551 e. The molecule has 1 aromatic heterocycles. The summed E-state index contributed by atoms with van der Waals surface area (Å²) in [4.78, 5) is 0. The first kappa shape index (κ1) is 25.3. The number of rotatable bonds is 3. The van der Waals surface area contributed by atoms with Crippen LogP contribution >= 0.6 is 0 Å². The number of hydrogen-bond donors (Lipinski definition) is 0. The van der Waals surface area contributed by atoms with Gasteiger partial charge in [-0.2, -0.15) is 0 Å². The third-order valence-electron chi connectivity index (χ3n) is 9.51. The van der Waals surface area contributed by atoms with E-state index in [4.69, 9.17) is 9.39 Å². The molecule has 0 radical (unpaired) electrons. The predicted octanol–water partition coefficient (Wildman–Crippen LogP) is 9.39. The van der Waals surface area contributed by atoms with E-state index in [0.717, 1.165) is 61.6 Å². The lowest BCUT2D eigenvalue weighted by Gasteiger charge is -2.33. The Morgan fingerprint density at radius 1 is 0.457 bits per heavy atom. The number of ether oxygens (including phenoxy) is 1. The van der Waals surface area contributed by atoms with Crippen LogP contribution in [0.4, 0.5) is 0 Å². The van der Waals surface area contributed by atoms with Crippen molar-refractivity contribution < 1.29 is 9.39 Å². The maximum atomic E-state index is 7.03. The van der Waals surface area contributed by atoms with Crippen LogP contribution in [0.1, 0.15) is 0 Å². The number of para-hydroxylation sites is 3. The smallest absolute Gasteiger partial charge is 0.434 e. The molecule has 0 amide bonds. The molecular weight excluding hydrogens is 561 g/mol. The lowest BCUT2D eigenvalue weighted by Crippen LogP contribution is -2.53. The molecular formula is C42H26BNO2. The van der Waals surface area contributed by atoms with Gasteiger partial charge in [-0.3, -0.25) is 0 Å². The number of nitrogens with zero attached hydrogens (tertiary/aromatic N) is 1. The third-order valence-corrected chi connectivity index (χ3v) is 9.51. The van der Waals surface area contributed by atoms with Gasteiger partial charge in [-0.05, 0) is 58.1 Å². The average molecular weight is 587 g/mol. The van der Waals surface area contributed by atoms with Gasteiger partial charge in [-0.25, -0.2) is 0 Å². The second-order valence-corrected chi connectivity index (χ2v) is 12.0. The van der Waals surface area contributed by atoms with Crippen molar-refractivity contribution in [3.63, 3.8) is 0 Å². The van der Waals surface area contributed by atoms with E-state index in [1.807, 2.05) is 0 Å². The van der Waals surface area contributed by atoms with Gasteiger partial charge in [0.1, 0.15) is 17.2 Å². The van der Waals surface area contributed by atoms with Crippen molar-refractivity contribution in [2.24, 2.45) is 0 Å². The van der Waals surface area contributed by atoms with E-state index in [2.05, 4.69) is 162 Å². The first-order chi connectivity index (χ1) is 22.8. The summed E-state index contributed by atoms with van der Waals surface area (Å²) in [5, 5.41) is 2.45. The molecule has 0 saturated heterocycles. The summed E-state index contributed by atoms with van der Waals surface area (Å²) >= 11 is 0.